The molecule has 0 saturated heterocycles. The van der Waals surface area contributed by atoms with Crippen LogP contribution in [0.3, 0.4) is 0 Å². The summed E-state index contributed by atoms with van der Waals surface area (Å²) in [6.45, 7) is 0.932. The van der Waals surface area contributed by atoms with Gasteiger partial charge in [0.2, 0.25) is 0 Å². The average Bonchev–Trinajstić information content (AvgIpc) is 2.55. The summed E-state index contributed by atoms with van der Waals surface area (Å²) in [4.78, 5) is 0. The van der Waals surface area contributed by atoms with Crippen LogP contribution < -0.4 is 14.8 Å². The summed E-state index contributed by atoms with van der Waals surface area (Å²) in [5.74, 6) is 1.61. The number of phenols is 1. The van der Waals surface area contributed by atoms with Crippen molar-refractivity contribution in [3.63, 3.8) is 0 Å². The van der Waals surface area contributed by atoms with Crippen LogP contribution in [0, 0.1) is 0 Å². The molecular weight excluding hydrogens is 278 g/mol. The van der Waals surface area contributed by atoms with Crippen molar-refractivity contribution < 1.29 is 14.6 Å². The van der Waals surface area contributed by atoms with Crippen molar-refractivity contribution >= 4 is 0 Å². The maximum absolute atomic E-state index is 10.0. The van der Waals surface area contributed by atoms with Crippen LogP contribution >= 0.6 is 0 Å². The lowest BCUT2D eigenvalue weighted by atomic mass is 9.90. The zero-order chi connectivity index (χ0) is 15.5. The van der Waals surface area contributed by atoms with Gasteiger partial charge < -0.3 is 19.9 Å². The highest BCUT2D eigenvalue weighted by molar-refractivity contribution is 5.49. The molecule has 3 rings (SSSR count). The minimum absolute atomic E-state index is 0.199. The molecule has 0 amide bonds. The number of fused-ring (bicyclic) bond motifs is 1. The SMILES string of the molecule is COc1ccc(C[C@H]2NCCc3cc(OC)c(O)cc32)cc1. The number of ether oxygens (including phenoxy) is 2. The number of methoxy groups -OCH3 is 2. The van der Waals surface area contributed by atoms with Gasteiger partial charge in [-0.2, -0.15) is 0 Å². The number of aromatic hydroxyl groups is 1. The van der Waals surface area contributed by atoms with Crippen LogP contribution in [0.5, 0.6) is 17.2 Å². The first kappa shape index (κ1) is 14.7. The van der Waals surface area contributed by atoms with Gasteiger partial charge in [-0.1, -0.05) is 12.1 Å². The van der Waals surface area contributed by atoms with Gasteiger partial charge in [0, 0.05) is 6.04 Å². The fourth-order valence-electron chi connectivity index (χ4n) is 3.00. The predicted octanol–water partition coefficient (Wildman–Crippen LogP) is 2.84. The summed E-state index contributed by atoms with van der Waals surface area (Å²) in [6.07, 6.45) is 1.83. The second-order valence-electron chi connectivity index (χ2n) is 5.53. The van der Waals surface area contributed by atoms with Crippen molar-refractivity contribution in [2.24, 2.45) is 0 Å². The lowest BCUT2D eigenvalue weighted by Gasteiger charge is -2.28. The molecule has 116 valence electrons. The first-order chi connectivity index (χ1) is 10.7. The Bertz CT molecular complexity index is 652. The first-order valence-electron chi connectivity index (χ1n) is 7.47. The molecule has 0 unspecified atom stereocenters. The Balaban J connectivity index is 1.85. The molecule has 1 atom stereocenters. The van der Waals surface area contributed by atoms with Crippen molar-refractivity contribution in [1.82, 2.24) is 5.32 Å². The molecule has 0 radical (unpaired) electrons. The Hall–Kier alpha value is -2.20. The van der Waals surface area contributed by atoms with Gasteiger partial charge in [-0.3, -0.25) is 0 Å². The van der Waals surface area contributed by atoms with Crippen LogP contribution in [0.2, 0.25) is 0 Å². The van der Waals surface area contributed by atoms with Gasteiger partial charge >= 0.3 is 0 Å². The average molecular weight is 299 g/mol. The molecule has 1 heterocycles. The van der Waals surface area contributed by atoms with E-state index in [4.69, 9.17) is 9.47 Å². The Morgan fingerprint density at radius 3 is 2.59 bits per heavy atom. The van der Waals surface area contributed by atoms with E-state index in [2.05, 4.69) is 17.4 Å². The molecule has 2 N–H and O–H groups in total. The van der Waals surface area contributed by atoms with Crippen LogP contribution in [0.25, 0.3) is 0 Å². The van der Waals surface area contributed by atoms with Crippen LogP contribution in [0.15, 0.2) is 36.4 Å². The quantitative estimate of drug-likeness (QED) is 0.911. The third-order valence-corrected chi connectivity index (χ3v) is 4.20. The molecule has 1 aliphatic heterocycles. The van der Waals surface area contributed by atoms with Crippen molar-refractivity contribution in [2.75, 3.05) is 20.8 Å². The molecule has 0 saturated carbocycles. The predicted molar refractivity (Wildman–Crippen MR) is 85.8 cm³/mol. The van der Waals surface area contributed by atoms with Gasteiger partial charge in [0.1, 0.15) is 5.75 Å². The summed E-state index contributed by atoms with van der Waals surface area (Å²) in [6, 6.07) is 12.1. The van der Waals surface area contributed by atoms with E-state index in [1.54, 1.807) is 14.2 Å². The van der Waals surface area contributed by atoms with Crippen molar-refractivity contribution in [2.45, 2.75) is 18.9 Å². The highest BCUT2D eigenvalue weighted by Gasteiger charge is 2.22. The smallest absolute Gasteiger partial charge is 0.160 e. The molecule has 0 bridgehead atoms. The van der Waals surface area contributed by atoms with Crippen molar-refractivity contribution in [3.05, 3.63) is 53.1 Å². The Kier molecular flexibility index (Phi) is 4.20. The number of hydrogen-bond donors (Lipinski definition) is 2. The number of rotatable bonds is 4. The molecule has 1 aliphatic rings. The molecule has 2 aromatic carbocycles. The molecular formula is C18H21NO3. The largest absolute Gasteiger partial charge is 0.504 e. The Morgan fingerprint density at radius 2 is 1.91 bits per heavy atom. The molecule has 0 fully saturated rings. The highest BCUT2D eigenvalue weighted by atomic mass is 16.5. The van der Waals surface area contributed by atoms with E-state index in [1.807, 2.05) is 24.3 Å². The summed E-state index contributed by atoms with van der Waals surface area (Å²) in [7, 11) is 3.25. The molecule has 0 aromatic heterocycles. The zero-order valence-electron chi connectivity index (χ0n) is 12.9. The lowest BCUT2D eigenvalue weighted by molar-refractivity contribution is 0.370. The molecule has 0 spiro atoms. The summed E-state index contributed by atoms with van der Waals surface area (Å²) in [5.41, 5.74) is 3.63. The van der Waals surface area contributed by atoms with Crippen LogP contribution in [-0.4, -0.2) is 25.9 Å². The summed E-state index contributed by atoms with van der Waals surface area (Å²) in [5, 5.41) is 13.6. The van der Waals surface area contributed by atoms with E-state index in [-0.39, 0.29) is 11.8 Å². The van der Waals surface area contributed by atoms with E-state index in [0.29, 0.717) is 5.75 Å². The minimum atomic E-state index is 0.199. The number of benzene rings is 2. The van der Waals surface area contributed by atoms with Crippen LogP contribution in [-0.2, 0) is 12.8 Å². The van der Waals surface area contributed by atoms with Gasteiger partial charge in [0.25, 0.3) is 0 Å². The third-order valence-electron chi connectivity index (χ3n) is 4.20. The maximum Gasteiger partial charge on any atom is 0.160 e. The third kappa shape index (κ3) is 2.88. The van der Waals surface area contributed by atoms with Crippen molar-refractivity contribution in [3.8, 4) is 17.2 Å². The van der Waals surface area contributed by atoms with Crippen molar-refractivity contribution in [1.29, 1.82) is 0 Å². The molecule has 22 heavy (non-hydrogen) atoms. The van der Waals surface area contributed by atoms with Crippen LogP contribution in [0.4, 0.5) is 0 Å². The standard InChI is InChI=1S/C18H21NO3/c1-21-14-5-3-12(4-6-14)9-16-15-11-17(20)18(22-2)10-13(15)7-8-19-16/h3-6,10-11,16,19-20H,7-9H2,1-2H3/t16-/m1/s1. The summed E-state index contributed by atoms with van der Waals surface area (Å²) >= 11 is 0. The maximum atomic E-state index is 10.0. The molecule has 4 nitrogen and oxygen atoms in total. The molecule has 2 aromatic rings. The van der Waals surface area contributed by atoms with E-state index in [1.165, 1.54) is 11.1 Å². The number of hydrogen-bond acceptors (Lipinski definition) is 4. The Labute approximate surface area is 130 Å². The second-order valence-corrected chi connectivity index (χ2v) is 5.53. The zero-order valence-corrected chi connectivity index (χ0v) is 12.9. The number of phenolic OH excluding ortho intramolecular Hbond substituents is 1. The monoisotopic (exact) mass is 299 g/mol. The number of nitrogens with one attached hydrogen (secondary N) is 1. The summed E-state index contributed by atoms with van der Waals surface area (Å²) < 4.78 is 10.4. The second kappa shape index (κ2) is 6.28. The first-order valence-corrected chi connectivity index (χ1v) is 7.47. The van der Waals surface area contributed by atoms with E-state index in [9.17, 15) is 5.11 Å². The normalized spacial score (nSPS) is 16.9. The lowest BCUT2D eigenvalue weighted by Crippen LogP contribution is -2.31. The van der Waals surface area contributed by atoms with E-state index < -0.39 is 0 Å². The highest BCUT2D eigenvalue weighted by Crippen LogP contribution is 2.35. The van der Waals surface area contributed by atoms with Gasteiger partial charge in [0.15, 0.2) is 11.5 Å². The Morgan fingerprint density at radius 1 is 1.14 bits per heavy atom. The fourth-order valence-corrected chi connectivity index (χ4v) is 3.00. The molecule has 0 aliphatic carbocycles. The van der Waals surface area contributed by atoms with Gasteiger partial charge in [-0.25, -0.2) is 0 Å². The van der Waals surface area contributed by atoms with E-state index >= 15 is 0 Å². The van der Waals surface area contributed by atoms with Gasteiger partial charge in [0.05, 0.1) is 14.2 Å². The van der Waals surface area contributed by atoms with Crippen LogP contribution in [0.1, 0.15) is 22.7 Å². The van der Waals surface area contributed by atoms with E-state index in [0.717, 1.165) is 30.7 Å². The van der Waals surface area contributed by atoms with Gasteiger partial charge in [-0.15, -0.1) is 0 Å². The molecule has 4 heteroatoms. The van der Waals surface area contributed by atoms with Gasteiger partial charge in [-0.05, 0) is 60.3 Å². The topological polar surface area (TPSA) is 50.7 Å². The minimum Gasteiger partial charge on any atom is -0.504 e. The fraction of sp³-hybridized carbons (Fsp3) is 0.333.